The summed E-state index contributed by atoms with van der Waals surface area (Å²) in [6, 6.07) is 16.0. The van der Waals surface area contributed by atoms with E-state index in [-0.39, 0.29) is 30.2 Å². The summed E-state index contributed by atoms with van der Waals surface area (Å²) in [5, 5.41) is 3.04. The summed E-state index contributed by atoms with van der Waals surface area (Å²) >= 11 is 0. The number of hydrogen-bond acceptors (Lipinski definition) is 4. The van der Waals surface area contributed by atoms with Crippen molar-refractivity contribution < 1.29 is 19.1 Å². The monoisotopic (exact) mass is 394 g/mol. The minimum Gasteiger partial charge on any atom is -0.484 e. The van der Waals surface area contributed by atoms with E-state index in [0.29, 0.717) is 36.4 Å². The molecule has 1 aliphatic heterocycles. The van der Waals surface area contributed by atoms with Crippen LogP contribution in [0.15, 0.2) is 54.6 Å². The first kappa shape index (κ1) is 20.6. The minimum absolute atomic E-state index is 0.0396. The van der Waals surface area contributed by atoms with Crippen molar-refractivity contribution in [2.45, 2.75) is 32.2 Å². The van der Waals surface area contributed by atoms with E-state index in [1.165, 1.54) is 0 Å². The van der Waals surface area contributed by atoms with E-state index in [9.17, 15) is 14.4 Å². The van der Waals surface area contributed by atoms with Crippen LogP contribution in [0, 0.1) is 0 Å². The van der Waals surface area contributed by atoms with Crippen molar-refractivity contribution >= 4 is 17.6 Å². The molecular weight excluding hydrogens is 368 g/mol. The van der Waals surface area contributed by atoms with Gasteiger partial charge in [-0.05, 0) is 49.2 Å². The van der Waals surface area contributed by atoms with Crippen molar-refractivity contribution in [1.82, 2.24) is 10.2 Å². The first-order valence-electron chi connectivity index (χ1n) is 9.96. The number of nitrogens with zero attached hydrogens (tertiary/aromatic N) is 1. The quantitative estimate of drug-likeness (QED) is 0.733. The molecule has 0 aliphatic carbocycles. The SMILES string of the molecule is CCC(=O)c1ccc(OCC(=O)N2CCC(NC(=O)c3ccccc3)CC2)cc1. The Balaban J connectivity index is 1.42. The van der Waals surface area contributed by atoms with Crippen molar-refractivity contribution in [3.63, 3.8) is 0 Å². The smallest absolute Gasteiger partial charge is 0.260 e. The fraction of sp³-hybridized carbons (Fsp3) is 0.348. The molecule has 0 unspecified atom stereocenters. The second-order valence-electron chi connectivity index (χ2n) is 7.08. The lowest BCUT2D eigenvalue weighted by Crippen LogP contribution is -2.47. The molecule has 152 valence electrons. The number of Topliss-reactive ketones (excluding diaryl/α,β-unsaturated/α-hetero) is 1. The number of benzene rings is 2. The molecule has 1 saturated heterocycles. The van der Waals surface area contributed by atoms with E-state index in [4.69, 9.17) is 4.74 Å². The second kappa shape index (κ2) is 9.87. The van der Waals surface area contributed by atoms with E-state index < -0.39 is 0 Å². The van der Waals surface area contributed by atoms with Gasteiger partial charge in [-0.2, -0.15) is 0 Å². The Kier molecular flexibility index (Phi) is 7.00. The summed E-state index contributed by atoms with van der Waals surface area (Å²) in [6.07, 6.45) is 1.90. The molecule has 0 spiro atoms. The fourth-order valence-electron chi connectivity index (χ4n) is 3.31. The molecule has 1 fully saturated rings. The van der Waals surface area contributed by atoms with Crippen LogP contribution < -0.4 is 10.1 Å². The van der Waals surface area contributed by atoms with Gasteiger partial charge in [0.15, 0.2) is 12.4 Å². The van der Waals surface area contributed by atoms with Gasteiger partial charge in [-0.3, -0.25) is 14.4 Å². The van der Waals surface area contributed by atoms with Crippen LogP contribution in [0.2, 0.25) is 0 Å². The number of amides is 2. The van der Waals surface area contributed by atoms with Crippen LogP contribution in [-0.2, 0) is 4.79 Å². The maximum absolute atomic E-state index is 12.4. The third-order valence-corrected chi connectivity index (χ3v) is 5.08. The molecule has 0 bridgehead atoms. The highest BCUT2D eigenvalue weighted by atomic mass is 16.5. The van der Waals surface area contributed by atoms with Gasteiger partial charge in [-0.25, -0.2) is 0 Å². The van der Waals surface area contributed by atoms with Crippen LogP contribution in [0.3, 0.4) is 0 Å². The number of piperidine rings is 1. The third kappa shape index (κ3) is 5.67. The van der Waals surface area contributed by atoms with E-state index in [1.807, 2.05) is 25.1 Å². The van der Waals surface area contributed by atoms with Gasteiger partial charge in [0.2, 0.25) is 0 Å². The summed E-state index contributed by atoms with van der Waals surface area (Å²) in [6.45, 7) is 2.96. The van der Waals surface area contributed by atoms with Crippen LogP contribution in [0.5, 0.6) is 5.75 Å². The first-order chi connectivity index (χ1) is 14.1. The molecule has 1 N–H and O–H groups in total. The molecule has 3 rings (SSSR count). The Morgan fingerprint density at radius 3 is 2.24 bits per heavy atom. The van der Waals surface area contributed by atoms with Crippen molar-refractivity contribution in [3.8, 4) is 5.75 Å². The van der Waals surface area contributed by atoms with Crippen LogP contribution in [0.1, 0.15) is 46.9 Å². The topological polar surface area (TPSA) is 75.7 Å². The van der Waals surface area contributed by atoms with Crippen molar-refractivity contribution in [2.24, 2.45) is 0 Å². The van der Waals surface area contributed by atoms with Gasteiger partial charge in [0.05, 0.1) is 0 Å². The number of likely N-dealkylation sites (tertiary alicyclic amines) is 1. The average molecular weight is 394 g/mol. The lowest BCUT2D eigenvalue weighted by atomic mass is 10.0. The van der Waals surface area contributed by atoms with Gasteiger partial charge in [-0.1, -0.05) is 25.1 Å². The van der Waals surface area contributed by atoms with Gasteiger partial charge >= 0.3 is 0 Å². The lowest BCUT2D eigenvalue weighted by Gasteiger charge is -2.32. The van der Waals surface area contributed by atoms with E-state index in [2.05, 4.69) is 5.32 Å². The number of ether oxygens (including phenoxy) is 1. The summed E-state index contributed by atoms with van der Waals surface area (Å²) in [7, 11) is 0. The van der Waals surface area contributed by atoms with Crippen molar-refractivity contribution in [3.05, 3.63) is 65.7 Å². The molecule has 2 aromatic rings. The highest BCUT2D eigenvalue weighted by Gasteiger charge is 2.24. The zero-order valence-electron chi connectivity index (χ0n) is 16.6. The molecule has 6 heteroatoms. The largest absolute Gasteiger partial charge is 0.484 e. The van der Waals surface area contributed by atoms with E-state index >= 15 is 0 Å². The Labute approximate surface area is 170 Å². The second-order valence-corrected chi connectivity index (χ2v) is 7.08. The Bertz CT molecular complexity index is 841. The van der Waals surface area contributed by atoms with Crippen molar-refractivity contribution in [1.29, 1.82) is 0 Å². The Morgan fingerprint density at radius 2 is 1.62 bits per heavy atom. The standard InChI is InChI=1S/C23H26N2O4/c1-2-21(26)17-8-10-20(11-9-17)29-16-22(27)25-14-12-19(13-15-25)24-23(28)18-6-4-3-5-7-18/h3-11,19H,2,12-16H2,1H3,(H,24,28). The van der Waals surface area contributed by atoms with E-state index in [0.717, 1.165) is 12.8 Å². The molecule has 0 saturated carbocycles. The van der Waals surface area contributed by atoms with Gasteiger partial charge in [-0.15, -0.1) is 0 Å². The summed E-state index contributed by atoms with van der Waals surface area (Å²) in [5.41, 5.74) is 1.29. The van der Waals surface area contributed by atoms with Gasteiger partial charge in [0.1, 0.15) is 5.75 Å². The molecular formula is C23H26N2O4. The highest BCUT2D eigenvalue weighted by Crippen LogP contribution is 2.15. The normalized spacial score (nSPS) is 14.3. The Hall–Kier alpha value is -3.15. The Morgan fingerprint density at radius 1 is 0.966 bits per heavy atom. The molecule has 0 aromatic heterocycles. The van der Waals surface area contributed by atoms with Gasteiger partial charge in [0.25, 0.3) is 11.8 Å². The summed E-state index contributed by atoms with van der Waals surface area (Å²) in [5.74, 6) is 0.487. The summed E-state index contributed by atoms with van der Waals surface area (Å²) < 4.78 is 5.57. The lowest BCUT2D eigenvalue weighted by molar-refractivity contribution is -0.134. The van der Waals surface area contributed by atoms with Crippen LogP contribution in [-0.4, -0.2) is 48.2 Å². The molecule has 2 amide bonds. The van der Waals surface area contributed by atoms with Crippen molar-refractivity contribution in [2.75, 3.05) is 19.7 Å². The van der Waals surface area contributed by atoms with Gasteiger partial charge in [0, 0.05) is 36.7 Å². The number of rotatable bonds is 7. The maximum Gasteiger partial charge on any atom is 0.260 e. The number of ketones is 1. The number of nitrogens with one attached hydrogen (secondary N) is 1. The first-order valence-corrected chi connectivity index (χ1v) is 9.96. The molecule has 1 aliphatic rings. The number of hydrogen-bond donors (Lipinski definition) is 1. The molecule has 6 nitrogen and oxygen atoms in total. The fourth-order valence-corrected chi connectivity index (χ4v) is 3.31. The van der Waals surface area contributed by atoms with Crippen LogP contribution >= 0.6 is 0 Å². The predicted octanol–water partition coefficient (Wildman–Crippen LogP) is 3.08. The highest BCUT2D eigenvalue weighted by molar-refractivity contribution is 5.96. The number of carbonyl (C=O) groups is 3. The molecule has 29 heavy (non-hydrogen) atoms. The predicted molar refractivity (Wildman–Crippen MR) is 110 cm³/mol. The molecule has 0 atom stereocenters. The zero-order valence-corrected chi connectivity index (χ0v) is 16.6. The number of carbonyl (C=O) groups excluding carboxylic acids is 3. The molecule has 2 aromatic carbocycles. The third-order valence-electron chi connectivity index (χ3n) is 5.08. The van der Waals surface area contributed by atoms with Crippen LogP contribution in [0.25, 0.3) is 0 Å². The average Bonchev–Trinajstić information content (AvgIpc) is 2.78. The zero-order chi connectivity index (χ0) is 20.6. The van der Waals surface area contributed by atoms with Gasteiger partial charge < -0.3 is 15.0 Å². The van der Waals surface area contributed by atoms with E-state index in [1.54, 1.807) is 41.3 Å². The summed E-state index contributed by atoms with van der Waals surface area (Å²) in [4.78, 5) is 38.1. The van der Waals surface area contributed by atoms with Crippen LogP contribution in [0.4, 0.5) is 0 Å². The molecule has 0 radical (unpaired) electrons. The maximum atomic E-state index is 12.4. The minimum atomic E-state index is -0.0799. The molecule has 1 heterocycles.